The molecule has 0 aliphatic carbocycles. The van der Waals surface area contributed by atoms with Crippen LogP contribution >= 0.6 is 11.6 Å². The first-order valence-corrected chi connectivity index (χ1v) is 9.73. The minimum atomic E-state index is -0.718. The van der Waals surface area contributed by atoms with Crippen LogP contribution < -0.4 is 10.4 Å². The van der Waals surface area contributed by atoms with Crippen molar-refractivity contribution in [3.8, 4) is 0 Å². The topological polar surface area (TPSA) is 74.8 Å². The number of aromatic nitrogens is 1. The van der Waals surface area contributed by atoms with Gasteiger partial charge in [-0.3, -0.25) is 9.63 Å². The zero-order valence-electron chi connectivity index (χ0n) is 15.8. The molecule has 0 radical (unpaired) electrons. The summed E-state index contributed by atoms with van der Waals surface area (Å²) in [4.78, 5) is 36.5. The van der Waals surface area contributed by atoms with Crippen LogP contribution in [0, 0.1) is 5.82 Å². The van der Waals surface area contributed by atoms with Crippen molar-refractivity contribution in [3.63, 3.8) is 0 Å². The van der Waals surface area contributed by atoms with Gasteiger partial charge < -0.3 is 10.2 Å². The van der Waals surface area contributed by atoms with Crippen LogP contribution in [0.15, 0.2) is 36.5 Å². The molecule has 2 aromatic rings. The highest BCUT2D eigenvalue weighted by molar-refractivity contribution is 6.34. The number of hydroxylamine groups is 1. The number of halogens is 2. The predicted octanol–water partition coefficient (Wildman–Crippen LogP) is 4.24. The van der Waals surface area contributed by atoms with Gasteiger partial charge in [0.25, 0.3) is 5.91 Å². The molecule has 0 saturated carbocycles. The van der Waals surface area contributed by atoms with Crippen molar-refractivity contribution in [2.75, 3.05) is 23.5 Å². The molecule has 2 aliphatic heterocycles. The van der Waals surface area contributed by atoms with Gasteiger partial charge in [0.05, 0.1) is 22.9 Å². The molecule has 3 amide bonds. The van der Waals surface area contributed by atoms with E-state index in [1.54, 1.807) is 12.1 Å². The van der Waals surface area contributed by atoms with Gasteiger partial charge in [0, 0.05) is 18.4 Å². The van der Waals surface area contributed by atoms with Crippen molar-refractivity contribution in [2.24, 2.45) is 0 Å². The third-order valence-electron chi connectivity index (χ3n) is 5.31. The number of carbonyl (C=O) groups is 2. The fourth-order valence-electron chi connectivity index (χ4n) is 3.69. The van der Waals surface area contributed by atoms with Gasteiger partial charge in [-0.25, -0.2) is 14.2 Å². The molecule has 0 spiro atoms. The number of piperidine rings is 1. The maximum atomic E-state index is 13.7. The summed E-state index contributed by atoms with van der Waals surface area (Å²) < 4.78 is 13.7. The number of nitrogens with zero attached hydrogens (tertiary/aromatic N) is 3. The van der Waals surface area contributed by atoms with Crippen molar-refractivity contribution in [1.29, 1.82) is 0 Å². The number of urea groups is 1. The molecule has 29 heavy (non-hydrogen) atoms. The number of rotatable bonds is 3. The summed E-state index contributed by atoms with van der Waals surface area (Å²) in [5.41, 5.74) is 0.109. The minimum absolute atomic E-state index is 0.221. The standard InChI is InChI=1S/C20H20ClFN4O3/c1-20-8-2-3-10-25(20)19(28)26(29-12-20)16-7-6-13(11-14(16)21)24-18(27)17-15(22)5-4-9-23-17/h4-7,9,11H,2-3,8,10,12H2,1H3,(H,24,27). The van der Waals surface area contributed by atoms with E-state index >= 15 is 0 Å². The van der Waals surface area contributed by atoms with E-state index in [0.717, 1.165) is 25.3 Å². The van der Waals surface area contributed by atoms with Crippen LogP contribution in [0.1, 0.15) is 36.7 Å². The summed E-state index contributed by atoms with van der Waals surface area (Å²) in [6.45, 7) is 3.08. The normalized spacial score (nSPS) is 21.7. The lowest BCUT2D eigenvalue weighted by molar-refractivity contribution is -0.0435. The molecule has 152 valence electrons. The number of fused-ring (bicyclic) bond motifs is 1. The number of anilines is 2. The van der Waals surface area contributed by atoms with E-state index in [9.17, 15) is 14.0 Å². The minimum Gasteiger partial charge on any atom is -0.321 e. The van der Waals surface area contributed by atoms with Crippen LogP contribution in [0.3, 0.4) is 0 Å². The monoisotopic (exact) mass is 418 g/mol. The first-order chi connectivity index (χ1) is 13.9. The van der Waals surface area contributed by atoms with E-state index in [0.29, 0.717) is 24.5 Å². The number of hydrogen-bond donors (Lipinski definition) is 1. The fourth-order valence-corrected chi connectivity index (χ4v) is 3.95. The summed E-state index contributed by atoms with van der Waals surface area (Å²) in [5, 5.41) is 3.97. The molecule has 1 aromatic heterocycles. The van der Waals surface area contributed by atoms with Gasteiger partial charge >= 0.3 is 6.03 Å². The lowest BCUT2D eigenvalue weighted by atomic mass is 9.89. The first kappa shape index (κ1) is 19.6. The van der Waals surface area contributed by atoms with Gasteiger partial charge in [0.15, 0.2) is 11.5 Å². The highest BCUT2D eigenvalue weighted by Crippen LogP contribution is 2.37. The fraction of sp³-hybridized carbons (Fsp3) is 0.350. The molecule has 1 aromatic carbocycles. The predicted molar refractivity (Wildman–Crippen MR) is 106 cm³/mol. The van der Waals surface area contributed by atoms with Crippen LogP contribution in [-0.2, 0) is 4.84 Å². The maximum Gasteiger partial charge on any atom is 0.349 e. The quantitative estimate of drug-likeness (QED) is 0.808. The molecule has 2 saturated heterocycles. The highest BCUT2D eigenvalue weighted by atomic mass is 35.5. The Balaban J connectivity index is 1.53. The highest BCUT2D eigenvalue weighted by Gasteiger charge is 2.45. The molecule has 4 rings (SSSR count). The van der Waals surface area contributed by atoms with Gasteiger partial charge in [0.2, 0.25) is 0 Å². The lowest BCUT2D eigenvalue weighted by Crippen LogP contribution is -2.64. The van der Waals surface area contributed by atoms with E-state index in [-0.39, 0.29) is 22.3 Å². The van der Waals surface area contributed by atoms with Gasteiger partial charge in [-0.2, -0.15) is 5.06 Å². The first-order valence-electron chi connectivity index (χ1n) is 9.35. The second kappa shape index (κ2) is 7.61. The molecule has 7 nitrogen and oxygen atoms in total. The average Bonchev–Trinajstić information content (AvgIpc) is 2.69. The van der Waals surface area contributed by atoms with Gasteiger partial charge in [0.1, 0.15) is 0 Å². The Labute approximate surface area is 172 Å². The summed E-state index contributed by atoms with van der Waals surface area (Å²) in [6, 6.07) is 6.94. The second-order valence-electron chi connectivity index (χ2n) is 7.41. The largest absolute Gasteiger partial charge is 0.349 e. The van der Waals surface area contributed by atoms with Crippen LogP contribution in [0.25, 0.3) is 0 Å². The Morgan fingerprint density at radius 3 is 2.93 bits per heavy atom. The van der Waals surface area contributed by atoms with Crippen LogP contribution in [0.2, 0.25) is 5.02 Å². The molecule has 9 heteroatoms. The molecular weight excluding hydrogens is 399 g/mol. The van der Waals surface area contributed by atoms with E-state index in [4.69, 9.17) is 16.4 Å². The zero-order chi connectivity index (χ0) is 20.6. The van der Waals surface area contributed by atoms with Crippen molar-refractivity contribution in [2.45, 2.75) is 31.7 Å². The maximum absolute atomic E-state index is 13.7. The summed E-state index contributed by atoms with van der Waals surface area (Å²) in [7, 11) is 0. The van der Waals surface area contributed by atoms with Gasteiger partial charge in [-0.15, -0.1) is 0 Å². The van der Waals surface area contributed by atoms with Crippen LogP contribution in [-0.4, -0.2) is 40.5 Å². The van der Waals surface area contributed by atoms with Gasteiger partial charge in [-0.05, 0) is 56.5 Å². The van der Waals surface area contributed by atoms with E-state index < -0.39 is 11.7 Å². The van der Waals surface area contributed by atoms with E-state index in [2.05, 4.69) is 10.3 Å². The van der Waals surface area contributed by atoms with Crippen molar-refractivity contribution in [1.82, 2.24) is 9.88 Å². The molecule has 3 heterocycles. The zero-order valence-corrected chi connectivity index (χ0v) is 16.6. The number of carbonyl (C=O) groups excluding carboxylic acids is 2. The van der Waals surface area contributed by atoms with E-state index in [1.807, 2.05) is 11.8 Å². The van der Waals surface area contributed by atoms with Crippen molar-refractivity contribution >= 4 is 34.9 Å². The molecule has 1 N–H and O–H groups in total. The molecule has 1 atom stereocenters. The molecule has 2 aliphatic rings. The van der Waals surface area contributed by atoms with Crippen LogP contribution in [0.5, 0.6) is 0 Å². The van der Waals surface area contributed by atoms with E-state index in [1.165, 1.54) is 23.4 Å². The Kier molecular flexibility index (Phi) is 5.14. The Morgan fingerprint density at radius 2 is 2.17 bits per heavy atom. The Bertz CT molecular complexity index is 972. The molecule has 2 fully saturated rings. The number of amides is 3. The third-order valence-corrected chi connectivity index (χ3v) is 5.61. The lowest BCUT2D eigenvalue weighted by Gasteiger charge is -2.50. The molecular formula is C20H20ClFN4O3. The third kappa shape index (κ3) is 3.65. The van der Waals surface area contributed by atoms with Crippen LogP contribution in [0.4, 0.5) is 20.6 Å². The second-order valence-corrected chi connectivity index (χ2v) is 7.82. The SMILES string of the molecule is CC12CCCCN1C(=O)N(c1ccc(NC(=O)c3ncccc3F)cc1Cl)OC2. The average molecular weight is 419 g/mol. The Morgan fingerprint density at radius 1 is 1.34 bits per heavy atom. The van der Waals surface area contributed by atoms with Gasteiger partial charge in [-0.1, -0.05) is 11.6 Å². The smallest absolute Gasteiger partial charge is 0.321 e. The Hall–Kier alpha value is -2.71. The molecule has 0 bridgehead atoms. The summed E-state index contributed by atoms with van der Waals surface area (Å²) >= 11 is 6.37. The number of benzene rings is 1. The number of pyridine rings is 1. The molecule has 1 unspecified atom stereocenters. The van der Waals surface area contributed by atoms with Crippen molar-refractivity contribution in [3.05, 3.63) is 53.1 Å². The summed E-state index contributed by atoms with van der Waals surface area (Å²) in [5.74, 6) is -1.41. The van der Waals surface area contributed by atoms with Crippen molar-refractivity contribution < 1.29 is 18.8 Å². The number of hydrogen-bond acceptors (Lipinski definition) is 4. The summed E-state index contributed by atoms with van der Waals surface area (Å²) in [6.07, 6.45) is 4.25. The number of nitrogens with one attached hydrogen (secondary N) is 1.